The van der Waals surface area contributed by atoms with E-state index in [1.165, 1.54) is 11.1 Å². The van der Waals surface area contributed by atoms with Crippen LogP contribution in [0.5, 0.6) is 0 Å². The van der Waals surface area contributed by atoms with Gasteiger partial charge in [0, 0.05) is 19.1 Å². The fourth-order valence-electron chi connectivity index (χ4n) is 1.68. The topological polar surface area (TPSA) is 104 Å². The molecule has 1 aromatic rings. The minimum absolute atomic E-state index is 0.00618. The molecule has 7 nitrogen and oxygen atoms in total. The van der Waals surface area contributed by atoms with Crippen LogP contribution in [0.25, 0.3) is 0 Å². The number of amides is 1. The van der Waals surface area contributed by atoms with Crippen molar-refractivity contribution in [1.82, 2.24) is 14.9 Å². The molecule has 2 rings (SSSR count). The summed E-state index contributed by atoms with van der Waals surface area (Å²) in [5, 5.41) is 12.1. The number of nitrogen functional groups attached to an aromatic ring is 1. The summed E-state index contributed by atoms with van der Waals surface area (Å²) >= 11 is 5.70. The van der Waals surface area contributed by atoms with Gasteiger partial charge in [0.2, 0.25) is 5.95 Å². The summed E-state index contributed by atoms with van der Waals surface area (Å²) in [6.07, 6.45) is 1.22. The van der Waals surface area contributed by atoms with E-state index in [2.05, 4.69) is 15.3 Å². The average molecular weight is 258 g/mol. The number of nitrogens with two attached hydrogens (primary N) is 1. The first-order valence-corrected chi connectivity index (χ1v) is 5.46. The third kappa shape index (κ3) is 2.68. The van der Waals surface area contributed by atoms with Gasteiger partial charge >= 0.3 is 6.09 Å². The maximum atomic E-state index is 10.7. The summed E-state index contributed by atoms with van der Waals surface area (Å²) in [5.74, 6) is 0.571. The Bertz CT molecular complexity index is 441. The Morgan fingerprint density at radius 1 is 1.71 bits per heavy atom. The van der Waals surface area contributed by atoms with E-state index in [-0.39, 0.29) is 11.9 Å². The van der Waals surface area contributed by atoms with Crippen LogP contribution in [-0.4, -0.2) is 45.2 Å². The minimum atomic E-state index is -0.911. The van der Waals surface area contributed by atoms with Crippen LogP contribution in [-0.2, 0) is 0 Å². The van der Waals surface area contributed by atoms with Crippen molar-refractivity contribution in [3.05, 3.63) is 11.2 Å². The number of rotatable bonds is 2. The molecule has 0 aliphatic carbocycles. The molecule has 0 radical (unpaired) electrons. The number of nitrogens with zero attached hydrogens (tertiary/aromatic N) is 3. The molecule has 1 aliphatic heterocycles. The molecule has 1 saturated heterocycles. The van der Waals surface area contributed by atoms with Gasteiger partial charge in [-0.15, -0.1) is 0 Å². The minimum Gasteiger partial charge on any atom is -0.465 e. The molecular weight excluding hydrogens is 246 g/mol. The van der Waals surface area contributed by atoms with E-state index in [9.17, 15) is 4.79 Å². The summed E-state index contributed by atoms with van der Waals surface area (Å²) in [4.78, 5) is 20.0. The number of aromatic nitrogens is 2. The van der Waals surface area contributed by atoms with Gasteiger partial charge in [0.1, 0.15) is 10.8 Å². The van der Waals surface area contributed by atoms with Crippen LogP contribution in [0.15, 0.2) is 6.20 Å². The normalized spacial score (nSPS) is 19.4. The second kappa shape index (κ2) is 4.62. The molecule has 1 aromatic heterocycles. The van der Waals surface area contributed by atoms with Gasteiger partial charge < -0.3 is 21.1 Å². The monoisotopic (exact) mass is 257 g/mol. The zero-order valence-electron chi connectivity index (χ0n) is 8.93. The van der Waals surface area contributed by atoms with Crippen molar-refractivity contribution < 1.29 is 9.90 Å². The maximum absolute atomic E-state index is 10.7. The molecule has 0 aromatic carbocycles. The largest absolute Gasteiger partial charge is 0.465 e. The molecule has 0 spiro atoms. The summed E-state index contributed by atoms with van der Waals surface area (Å²) in [6, 6.07) is 0.00618. The molecule has 4 N–H and O–H groups in total. The summed E-state index contributed by atoms with van der Waals surface area (Å²) in [7, 11) is 0. The molecule has 17 heavy (non-hydrogen) atoms. The highest BCUT2D eigenvalue weighted by Gasteiger charge is 2.26. The smallest absolute Gasteiger partial charge is 0.407 e. The van der Waals surface area contributed by atoms with Crippen LogP contribution in [0.1, 0.15) is 6.42 Å². The van der Waals surface area contributed by atoms with Crippen LogP contribution in [0.4, 0.5) is 16.6 Å². The number of hydrogen-bond acceptors (Lipinski definition) is 5. The van der Waals surface area contributed by atoms with E-state index < -0.39 is 6.09 Å². The zero-order chi connectivity index (χ0) is 12.4. The lowest BCUT2D eigenvalue weighted by Crippen LogP contribution is -2.30. The van der Waals surface area contributed by atoms with Gasteiger partial charge in [0.05, 0.1) is 6.20 Å². The first-order chi connectivity index (χ1) is 8.06. The van der Waals surface area contributed by atoms with Gasteiger partial charge in [-0.1, -0.05) is 11.6 Å². The highest BCUT2D eigenvalue weighted by molar-refractivity contribution is 6.32. The highest BCUT2D eigenvalue weighted by atomic mass is 35.5. The van der Waals surface area contributed by atoms with Crippen molar-refractivity contribution in [1.29, 1.82) is 0 Å². The Morgan fingerprint density at radius 3 is 3.06 bits per heavy atom. The third-order valence-corrected chi connectivity index (χ3v) is 2.85. The predicted molar refractivity (Wildman–Crippen MR) is 63.1 cm³/mol. The van der Waals surface area contributed by atoms with Crippen LogP contribution in [0.2, 0.25) is 5.02 Å². The fourth-order valence-corrected chi connectivity index (χ4v) is 1.78. The number of nitrogens with one attached hydrogen (secondary N) is 1. The summed E-state index contributed by atoms with van der Waals surface area (Å²) < 4.78 is 0. The van der Waals surface area contributed by atoms with Gasteiger partial charge in [-0.25, -0.2) is 9.78 Å². The van der Waals surface area contributed by atoms with Crippen LogP contribution >= 0.6 is 11.6 Å². The summed E-state index contributed by atoms with van der Waals surface area (Å²) in [6.45, 7) is 0.928. The van der Waals surface area contributed by atoms with Crippen molar-refractivity contribution in [2.45, 2.75) is 12.5 Å². The second-order valence-corrected chi connectivity index (χ2v) is 4.19. The van der Waals surface area contributed by atoms with Gasteiger partial charge in [0.25, 0.3) is 0 Å². The quantitative estimate of drug-likeness (QED) is 0.726. The first-order valence-electron chi connectivity index (χ1n) is 5.08. The lowest BCUT2D eigenvalue weighted by molar-refractivity contribution is 0.155. The van der Waals surface area contributed by atoms with Crippen molar-refractivity contribution in [3.63, 3.8) is 0 Å². The number of carbonyl (C=O) groups is 1. The molecule has 2 heterocycles. The zero-order valence-corrected chi connectivity index (χ0v) is 9.68. The van der Waals surface area contributed by atoms with Crippen molar-refractivity contribution >= 4 is 29.5 Å². The molecule has 1 atom stereocenters. The molecule has 1 amide bonds. The van der Waals surface area contributed by atoms with Gasteiger partial charge in [-0.05, 0) is 6.42 Å². The molecule has 1 unspecified atom stereocenters. The molecule has 0 saturated carbocycles. The Labute approximate surface area is 103 Å². The van der Waals surface area contributed by atoms with Crippen molar-refractivity contribution in [2.75, 3.05) is 24.1 Å². The Morgan fingerprint density at radius 2 is 2.47 bits per heavy atom. The standard InChI is InChI=1S/C9H12ClN5O2/c10-6-3-12-8(14-7(6)11)13-5-1-2-15(4-5)9(16)17/h3,5H,1-2,4H2,(H,16,17)(H3,11,12,13,14). The van der Waals surface area contributed by atoms with Crippen molar-refractivity contribution in [2.24, 2.45) is 0 Å². The highest BCUT2D eigenvalue weighted by Crippen LogP contribution is 2.18. The maximum Gasteiger partial charge on any atom is 0.407 e. The average Bonchev–Trinajstić information content (AvgIpc) is 2.72. The Balaban J connectivity index is 1.98. The Kier molecular flexibility index (Phi) is 3.19. The van der Waals surface area contributed by atoms with E-state index in [4.69, 9.17) is 22.4 Å². The molecule has 92 valence electrons. The molecule has 8 heteroatoms. The molecule has 0 bridgehead atoms. The lowest BCUT2D eigenvalue weighted by atomic mass is 10.3. The Hall–Kier alpha value is -1.76. The van der Waals surface area contributed by atoms with E-state index in [0.29, 0.717) is 24.1 Å². The van der Waals surface area contributed by atoms with Gasteiger partial charge in [-0.3, -0.25) is 0 Å². The summed E-state index contributed by atoms with van der Waals surface area (Å²) in [5.41, 5.74) is 5.54. The number of carboxylic acid groups (broad SMARTS) is 1. The van der Waals surface area contributed by atoms with E-state index in [1.54, 1.807) is 0 Å². The number of likely N-dealkylation sites (tertiary alicyclic amines) is 1. The third-order valence-electron chi connectivity index (χ3n) is 2.56. The van der Waals surface area contributed by atoms with Crippen LogP contribution < -0.4 is 11.1 Å². The van der Waals surface area contributed by atoms with Crippen LogP contribution in [0.3, 0.4) is 0 Å². The first kappa shape index (κ1) is 11.7. The number of anilines is 2. The van der Waals surface area contributed by atoms with Gasteiger partial charge in [0.15, 0.2) is 0 Å². The predicted octanol–water partition coefficient (Wildman–Crippen LogP) is 0.876. The molecule has 1 fully saturated rings. The van der Waals surface area contributed by atoms with Crippen LogP contribution in [0, 0.1) is 0 Å². The number of hydrogen-bond donors (Lipinski definition) is 3. The second-order valence-electron chi connectivity index (χ2n) is 3.79. The van der Waals surface area contributed by atoms with Gasteiger partial charge in [-0.2, -0.15) is 4.98 Å². The molecule has 1 aliphatic rings. The van der Waals surface area contributed by atoms with Crippen molar-refractivity contribution in [3.8, 4) is 0 Å². The fraction of sp³-hybridized carbons (Fsp3) is 0.444. The van der Waals surface area contributed by atoms with E-state index in [1.807, 2.05) is 0 Å². The number of halogens is 1. The van der Waals surface area contributed by atoms with E-state index >= 15 is 0 Å². The SMILES string of the molecule is Nc1nc(NC2CCN(C(=O)O)C2)ncc1Cl. The molecular formula is C9H12ClN5O2. The van der Waals surface area contributed by atoms with E-state index in [0.717, 1.165) is 6.42 Å². The lowest BCUT2D eigenvalue weighted by Gasteiger charge is -2.13.